The third-order valence-electron chi connectivity index (χ3n) is 2.97. The Morgan fingerprint density at radius 1 is 1.24 bits per heavy atom. The number of benzene rings is 1. The van der Waals surface area contributed by atoms with Gasteiger partial charge in [-0.1, -0.05) is 30.0 Å². The van der Waals surface area contributed by atoms with E-state index in [0.29, 0.717) is 28.8 Å². The summed E-state index contributed by atoms with van der Waals surface area (Å²) < 4.78 is 5.24. The molecule has 0 saturated carbocycles. The van der Waals surface area contributed by atoms with Crippen LogP contribution in [0.1, 0.15) is 16.1 Å². The van der Waals surface area contributed by atoms with Gasteiger partial charge in [0.2, 0.25) is 5.91 Å². The Hall–Kier alpha value is -2.34. The number of rotatable bonds is 3. The molecule has 1 saturated heterocycles. The molecule has 1 aliphatic rings. The van der Waals surface area contributed by atoms with E-state index in [9.17, 15) is 9.59 Å². The minimum absolute atomic E-state index is 0.0731. The van der Waals surface area contributed by atoms with Crippen LogP contribution < -0.4 is 0 Å². The highest BCUT2D eigenvalue weighted by Crippen LogP contribution is 2.22. The number of aliphatic imine (C=N–C) groups is 1. The lowest BCUT2D eigenvalue weighted by molar-refractivity contribution is -0.124. The molecule has 21 heavy (non-hydrogen) atoms. The Bertz CT molecular complexity index is 680. The average molecular weight is 300 g/mol. The smallest absolute Gasteiger partial charge is 0.279 e. The molecular formula is C15H12N2O3S. The van der Waals surface area contributed by atoms with Crippen LogP contribution in [0, 0.1) is 0 Å². The normalized spacial score (nSPS) is 16.7. The minimum atomic E-state index is -0.350. The van der Waals surface area contributed by atoms with Gasteiger partial charge in [0.15, 0.2) is 5.17 Å². The lowest BCUT2D eigenvalue weighted by Crippen LogP contribution is -2.29. The van der Waals surface area contributed by atoms with Crippen LogP contribution in [0.15, 0.2) is 58.1 Å². The average Bonchev–Trinajstić information content (AvgIpc) is 3.13. The van der Waals surface area contributed by atoms with Gasteiger partial charge in [-0.2, -0.15) is 4.99 Å². The number of carbonyl (C=O) groups is 2. The lowest BCUT2D eigenvalue weighted by Gasteiger charge is -2.13. The molecule has 0 unspecified atom stereocenters. The van der Waals surface area contributed by atoms with Crippen molar-refractivity contribution in [1.29, 1.82) is 0 Å². The molecule has 1 aromatic carbocycles. The first-order valence-electron chi connectivity index (χ1n) is 6.37. The van der Waals surface area contributed by atoms with Crippen molar-refractivity contribution in [3.05, 3.63) is 60.1 Å². The Kier molecular flexibility index (Phi) is 3.87. The van der Waals surface area contributed by atoms with E-state index in [2.05, 4.69) is 4.99 Å². The van der Waals surface area contributed by atoms with E-state index in [1.807, 2.05) is 6.07 Å². The van der Waals surface area contributed by atoms with E-state index in [-0.39, 0.29) is 11.8 Å². The molecular weight excluding hydrogens is 288 g/mol. The van der Waals surface area contributed by atoms with E-state index in [1.165, 1.54) is 16.7 Å². The topological polar surface area (TPSA) is 62.9 Å². The summed E-state index contributed by atoms with van der Waals surface area (Å²) >= 11 is 1.27. The van der Waals surface area contributed by atoms with Crippen LogP contribution in [0.4, 0.5) is 0 Å². The molecule has 0 spiro atoms. The molecule has 2 amide bonds. The maximum Gasteiger partial charge on any atom is 0.279 e. The van der Waals surface area contributed by atoms with Crippen LogP contribution in [0.3, 0.4) is 0 Å². The van der Waals surface area contributed by atoms with Gasteiger partial charge in [0.1, 0.15) is 5.76 Å². The first kappa shape index (κ1) is 13.6. The van der Waals surface area contributed by atoms with Gasteiger partial charge in [0, 0.05) is 5.56 Å². The molecule has 1 fully saturated rings. The number of amides is 2. The van der Waals surface area contributed by atoms with Crippen LogP contribution in [-0.2, 0) is 11.3 Å². The number of thioether (sulfide) groups is 1. The van der Waals surface area contributed by atoms with Gasteiger partial charge in [0.25, 0.3) is 5.91 Å². The molecule has 3 rings (SSSR count). The van der Waals surface area contributed by atoms with Crippen molar-refractivity contribution >= 4 is 28.7 Å². The number of hydrogen-bond acceptors (Lipinski definition) is 4. The Labute approximate surface area is 125 Å². The van der Waals surface area contributed by atoms with Crippen molar-refractivity contribution in [2.75, 3.05) is 5.75 Å². The molecule has 2 aromatic rings. The molecule has 0 bridgehead atoms. The van der Waals surface area contributed by atoms with E-state index in [0.717, 1.165) is 0 Å². The Balaban J connectivity index is 1.81. The second kappa shape index (κ2) is 5.97. The summed E-state index contributed by atoms with van der Waals surface area (Å²) in [6.07, 6.45) is 1.55. The van der Waals surface area contributed by atoms with Crippen molar-refractivity contribution in [3.63, 3.8) is 0 Å². The number of furan rings is 1. The van der Waals surface area contributed by atoms with E-state index >= 15 is 0 Å². The third kappa shape index (κ3) is 3.05. The zero-order valence-corrected chi connectivity index (χ0v) is 11.9. The maximum atomic E-state index is 12.1. The second-order valence-corrected chi connectivity index (χ2v) is 5.36. The number of nitrogens with zero attached hydrogens (tertiary/aromatic N) is 2. The number of carbonyl (C=O) groups excluding carboxylic acids is 2. The highest BCUT2D eigenvalue weighted by molar-refractivity contribution is 8.15. The Morgan fingerprint density at radius 3 is 2.76 bits per heavy atom. The predicted octanol–water partition coefficient (Wildman–Crippen LogP) is 2.55. The quantitative estimate of drug-likeness (QED) is 0.874. The molecule has 0 aliphatic carbocycles. The third-order valence-corrected chi connectivity index (χ3v) is 3.93. The molecule has 1 aliphatic heterocycles. The van der Waals surface area contributed by atoms with E-state index in [4.69, 9.17) is 4.42 Å². The fourth-order valence-corrected chi connectivity index (χ4v) is 2.81. The fourth-order valence-electron chi connectivity index (χ4n) is 1.93. The SMILES string of the molecule is O=C(N=C1SCC(=O)N1Cc1ccco1)c1ccccc1. The largest absolute Gasteiger partial charge is 0.467 e. The van der Waals surface area contributed by atoms with Crippen LogP contribution >= 0.6 is 11.8 Å². The fraction of sp³-hybridized carbons (Fsp3) is 0.133. The van der Waals surface area contributed by atoms with Gasteiger partial charge in [-0.25, -0.2) is 0 Å². The van der Waals surface area contributed by atoms with E-state index < -0.39 is 0 Å². The van der Waals surface area contributed by atoms with Crippen molar-refractivity contribution in [2.24, 2.45) is 4.99 Å². The summed E-state index contributed by atoms with van der Waals surface area (Å²) in [5, 5.41) is 0.422. The van der Waals surface area contributed by atoms with Gasteiger partial charge < -0.3 is 4.42 Å². The molecule has 2 heterocycles. The Morgan fingerprint density at radius 2 is 2.05 bits per heavy atom. The molecule has 0 radical (unpaired) electrons. The summed E-state index contributed by atoms with van der Waals surface area (Å²) in [6.45, 7) is 0.291. The molecule has 6 heteroatoms. The van der Waals surface area contributed by atoms with Gasteiger partial charge in [-0.15, -0.1) is 0 Å². The van der Waals surface area contributed by atoms with Crippen molar-refractivity contribution in [1.82, 2.24) is 4.90 Å². The van der Waals surface area contributed by atoms with Gasteiger partial charge in [-0.3, -0.25) is 14.5 Å². The molecule has 5 nitrogen and oxygen atoms in total. The zero-order chi connectivity index (χ0) is 14.7. The van der Waals surface area contributed by atoms with E-state index in [1.54, 1.807) is 42.7 Å². The number of hydrogen-bond donors (Lipinski definition) is 0. The molecule has 0 atom stereocenters. The molecule has 0 N–H and O–H groups in total. The molecule has 106 valence electrons. The highest BCUT2D eigenvalue weighted by atomic mass is 32.2. The molecule has 1 aromatic heterocycles. The summed E-state index contributed by atoms with van der Waals surface area (Å²) in [6, 6.07) is 12.3. The minimum Gasteiger partial charge on any atom is -0.467 e. The highest BCUT2D eigenvalue weighted by Gasteiger charge is 2.29. The van der Waals surface area contributed by atoms with Crippen LogP contribution in [0.5, 0.6) is 0 Å². The van der Waals surface area contributed by atoms with Crippen LogP contribution in [0.25, 0.3) is 0 Å². The standard InChI is InChI=1S/C15H12N2O3S/c18-13-10-21-15(17(13)9-12-7-4-8-20-12)16-14(19)11-5-2-1-3-6-11/h1-8H,9-10H2. The maximum absolute atomic E-state index is 12.1. The van der Waals surface area contributed by atoms with Gasteiger partial charge >= 0.3 is 0 Å². The van der Waals surface area contributed by atoms with Gasteiger partial charge in [-0.05, 0) is 24.3 Å². The summed E-state index contributed by atoms with van der Waals surface area (Å²) in [4.78, 5) is 29.5. The van der Waals surface area contributed by atoms with Crippen molar-refractivity contribution in [3.8, 4) is 0 Å². The number of amidine groups is 1. The first-order chi connectivity index (χ1) is 10.2. The van der Waals surface area contributed by atoms with Crippen LogP contribution in [-0.4, -0.2) is 27.6 Å². The predicted molar refractivity (Wildman–Crippen MR) is 79.9 cm³/mol. The summed E-state index contributed by atoms with van der Waals surface area (Å²) in [7, 11) is 0. The second-order valence-electron chi connectivity index (χ2n) is 4.41. The van der Waals surface area contributed by atoms with Crippen molar-refractivity contribution < 1.29 is 14.0 Å². The zero-order valence-electron chi connectivity index (χ0n) is 11.1. The summed E-state index contributed by atoms with van der Waals surface area (Å²) in [5.41, 5.74) is 0.503. The van der Waals surface area contributed by atoms with Gasteiger partial charge in [0.05, 0.1) is 18.6 Å². The van der Waals surface area contributed by atoms with Crippen molar-refractivity contribution in [2.45, 2.75) is 6.54 Å². The summed E-state index contributed by atoms with van der Waals surface area (Å²) in [5.74, 6) is 0.528. The first-order valence-corrected chi connectivity index (χ1v) is 7.36. The lowest BCUT2D eigenvalue weighted by atomic mass is 10.2. The monoisotopic (exact) mass is 300 g/mol. The van der Waals surface area contributed by atoms with Crippen LogP contribution in [0.2, 0.25) is 0 Å².